The molecule has 0 aliphatic heterocycles. The molecule has 1 heterocycles. The first-order valence-electron chi connectivity index (χ1n) is 8.49. The van der Waals surface area contributed by atoms with Crippen molar-refractivity contribution >= 4 is 33.2 Å². The highest BCUT2D eigenvalue weighted by atomic mass is 35.5. The third kappa shape index (κ3) is 4.55. The largest absolute Gasteiger partial charge is 0.282 e. The van der Waals surface area contributed by atoms with Crippen molar-refractivity contribution in [2.75, 3.05) is 13.6 Å². The Kier molecular flexibility index (Phi) is 6.40. The number of halogens is 3. The third-order valence-electron chi connectivity index (χ3n) is 4.28. The summed E-state index contributed by atoms with van der Waals surface area (Å²) in [5, 5.41) is 7.34. The first-order chi connectivity index (χ1) is 13.3. The lowest BCUT2D eigenvalue weighted by Crippen LogP contribution is -2.28. The number of H-pyrrole nitrogens is 1. The van der Waals surface area contributed by atoms with Crippen LogP contribution in [-0.4, -0.2) is 36.5 Å². The van der Waals surface area contributed by atoms with Gasteiger partial charge in [-0.25, -0.2) is 17.1 Å². The Hall–Kier alpha value is -1.93. The van der Waals surface area contributed by atoms with Crippen molar-refractivity contribution in [2.24, 2.45) is 0 Å². The quantitative estimate of drug-likeness (QED) is 0.573. The molecular formula is C19H18Cl2FN3O2S. The predicted molar refractivity (Wildman–Crippen MR) is 109 cm³/mol. The fourth-order valence-corrected chi connectivity index (χ4v) is 5.05. The van der Waals surface area contributed by atoms with Gasteiger partial charge in [-0.05, 0) is 55.3 Å². The lowest BCUT2D eigenvalue weighted by Gasteiger charge is -2.18. The number of sulfonamides is 1. The molecule has 1 N–H and O–H groups in total. The maximum atomic E-state index is 13.0. The number of hydrogen-bond donors (Lipinski definition) is 1. The maximum absolute atomic E-state index is 13.0. The Morgan fingerprint density at radius 3 is 2.39 bits per heavy atom. The zero-order chi connectivity index (χ0) is 20.3. The first-order valence-corrected chi connectivity index (χ1v) is 10.7. The molecule has 2 aromatic carbocycles. The molecular weight excluding hydrogens is 424 g/mol. The lowest BCUT2D eigenvalue weighted by atomic mass is 10.1. The van der Waals surface area contributed by atoms with Crippen molar-refractivity contribution in [2.45, 2.75) is 17.7 Å². The van der Waals surface area contributed by atoms with Gasteiger partial charge in [0, 0.05) is 24.8 Å². The van der Waals surface area contributed by atoms with E-state index in [1.165, 1.54) is 35.6 Å². The number of hydrogen-bond acceptors (Lipinski definition) is 3. The van der Waals surface area contributed by atoms with Gasteiger partial charge in [-0.2, -0.15) is 5.10 Å². The molecule has 0 saturated carbocycles. The summed E-state index contributed by atoms with van der Waals surface area (Å²) < 4.78 is 39.7. The summed E-state index contributed by atoms with van der Waals surface area (Å²) in [5.74, 6) is -0.303. The van der Waals surface area contributed by atoms with Gasteiger partial charge in [-0.15, -0.1) is 0 Å². The molecule has 3 aromatic rings. The van der Waals surface area contributed by atoms with Crippen LogP contribution in [0.4, 0.5) is 4.39 Å². The summed E-state index contributed by atoms with van der Waals surface area (Å²) in [6, 6.07) is 12.5. The van der Waals surface area contributed by atoms with Crippen molar-refractivity contribution in [3.63, 3.8) is 0 Å². The Morgan fingerprint density at radius 2 is 1.75 bits per heavy atom. The van der Waals surface area contributed by atoms with E-state index in [0.29, 0.717) is 18.5 Å². The first kappa shape index (κ1) is 20.8. The second-order valence-corrected chi connectivity index (χ2v) is 9.06. The van der Waals surface area contributed by atoms with Gasteiger partial charge >= 0.3 is 0 Å². The highest BCUT2D eigenvalue weighted by Crippen LogP contribution is 2.31. The fourth-order valence-electron chi connectivity index (χ4n) is 2.76. The minimum atomic E-state index is -3.79. The van der Waals surface area contributed by atoms with E-state index in [1.54, 1.807) is 18.2 Å². The average Bonchev–Trinajstić information content (AvgIpc) is 3.10. The summed E-state index contributed by atoms with van der Waals surface area (Å²) in [6.07, 6.45) is 1.17. The number of benzene rings is 2. The molecule has 0 atom stereocenters. The second-order valence-electron chi connectivity index (χ2n) is 6.27. The van der Waals surface area contributed by atoms with Crippen molar-refractivity contribution < 1.29 is 12.8 Å². The van der Waals surface area contributed by atoms with E-state index in [1.807, 2.05) is 6.07 Å². The van der Waals surface area contributed by atoms with E-state index < -0.39 is 10.0 Å². The molecule has 1 aromatic heterocycles. The molecule has 0 saturated heterocycles. The Morgan fingerprint density at radius 1 is 1.11 bits per heavy atom. The predicted octanol–water partition coefficient (Wildman–Crippen LogP) is 4.78. The topological polar surface area (TPSA) is 66.1 Å². The van der Waals surface area contributed by atoms with Gasteiger partial charge < -0.3 is 0 Å². The summed E-state index contributed by atoms with van der Waals surface area (Å²) in [6.45, 7) is 0.286. The monoisotopic (exact) mass is 441 g/mol. The highest BCUT2D eigenvalue weighted by molar-refractivity contribution is 7.89. The van der Waals surface area contributed by atoms with Crippen LogP contribution in [0.1, 0.15) is 12.1 Å². The van der Waals surface area contributed by atoms with Gasteiger partial charge in [0.1, 0.15) is 10.7 Å². The standard InChI is InChI=1S/C19H18Cl2FN3O2S/c1-25(28(26,27)19-16(20)5-2-6-17(19)21)11-3-4-15-12-18(24-23-15)13-7-9-14(22)10-8-13/h2,5-10,12H,3-4,11H2,1H3,(H,23,24). The van der Waals surface area contributed by atoms with Crippen LogP contribution < -0.4 is 0 Å². The molecule has 0 aliphatic carbocycles. The number of aryl methyl sites for hydroxylation is 1. The van der Waals surface area contributed by atoms with Gasteiger partial charge in [0.25, 0.3) is 0 Å². The molecule has 0 amide bonds. The van der Waals surface area contributed by atoms with E-state index in [9.17, 15) is 12.8 Å². The van der Waals surface area contributed by atoms with Crippen LogP contribution in [0.25, 0.3) is 11.3 Å². The van der Waals surface area contributed by atoms with Crippen molar-refractivity contribution in [1.82, 2.24) is 14.5 Å². The second kappa shape index (κ2) is 8.61. The minimum Gasteiger partial charge on any atom is -0.282 e. The van der Waals surface area contributed by atoms with E-state index in [2.05, 4.69) is 10.2 Å². The van der Waals surface area contributed by atoms with Crippen LogP contribution in [0.5, 0.6) is 0 Å². The van der Waals surface area contributed by atoms with Crippen molar-refractivity contribution in [1.29, 1.82) is 0 Å². The molecule has 9 heteroatoms. The molecule has 28 heavy (non-hydrogen) atoms. The molecule has 0 bridgehead atoms. The molecule has 0 fully saturated rings. The normalized spacial score (nSPS) is 11.9. The van der Waals surface area contributed by atoms with E-state index >= 15 is 0 Å². The summed E-state index contributed by atoms with van der Waals surface area (Å²) >= 11 is 12.1. The molecule has 0 unspecified atom stereocenters. The lowest BCUT2D eigenvalue weighted by molar-refractivity contribution is 0.460. The van der Waals surface area contributed by atoms with Gasteiger partial charge in [-0.1, -0.05) is 29.3 Å². The molecule has 0 aliphatic rings. The fraction of sp³-hybridized carbons (Fsp3) is 0.211. The summed E-state index contributed by atoms with van der Waals surface area (Å²) in [7, 11) is -2.30. The number of nitrogens with zero attached hydrogens (tertiary/aromatic N) is 2. The third-order valence-corrected chi connectivity index (χ3v) is 7.09. The van der Waals surface area contributed by atoms with E-state index in [-0.39, 0.29) is 27.3 Å². The molecule has 0 spiro atoms. The number of aromatic amines is 1. The van der Waals surface area contributed by atoms with Gasteiger partial charge in [0.15, 0.2) is 0 Å². The zero-order valence-electron chi connectivity index (χ0n) is 15.0. The number of rotatable bonds is 7. The SMILES string of the molecule is CN(CCCc1cc(-c2ccc(F)cc2)n[nH]1)S(=O)(=O)c1c(Cl)cccc1Cl. The minimum absolute atomic E-state index is 0.0824. The van der Waals surface area contributed by atoms with Gasteiger partial charge in [-0.3, -0.25) is 5.10 Å². The Labute approximate surface area is 173 Å². The molecule has 148 valence electrons. The van der Waals surface area contributed by atoms with Crippen LogP contribution in [0.15, 0.2) is 53.4 Å². The van der Waals surface area contributed by atoms with E-state index in [0.717, 1.165) is 11.3 Å². The summed E-state index contributed by atoms with van der Waals surface area (Å²) in [4.78, 5) is -0.0824. The Bertz CT molecular complexity index is 1050. The Balaban J connectivity index is 1.63. The average molecular weight is 442 g/mol. The number of nitrogens with one attached hydrogen (secondary N) is 1. The zero-order valence-corrected chi connectivity index (χ0v) is 17.3. The van der Waals surface area contributed by atoms with Crippen LogP contribution in [0.3, 0.4) is 0 Å². The van der Waals surface area contributed by atoms with Crippen LogP contribution in [0, 0.1) is 5.82 Å². The van der Waals surface area contributed by atoms with Crippen molar-refractivity contribution in [3.05, 3.63) is 70.1 Å². The molecule has 5 nitrogen and oxygen atoms in total. The van der Waals surface area contributed by atoms with E-state index in [4.69, 9.17) is 23.2 Å². The van der Waals surface area contributed by atoms with Gasteiger partial charge in [0.2, 0.25) is 10.0 Å². The molecule has 3 rings (SSSR count). The molecule has 0 radical (unpaired) electrons. The number of aromatic nitrogens is 2. The summed E-state index contributed by atoms with van der Waals surface area (Å²) in [5.41, 5.74) is 2.37. The smallest absolute Gasteiger partial charge is 0.245 e. The van der Waals surface area contributed by atoms with Crippen LogP contribution in [0.2, 0.25) is 10.0 Å². The van der Waals surface area contributed by atoms with Crippen LogP contribution in [-0.2, 0) is 16.4 Å². The van der Waals surface area contributed by atoms with Gasteiger partial charge in [0.05, 0.1) is 15.7 Å². The maximum Gasteiger partial charge on any atom is 0.245 e. The van der Waals surface area contributed by atoms with Crippen LogP contribution >= 0.6 is 23.2 Å². The highest BCUT2D eigenvalue weighted by Gasteiger charge is 2.26. The van der Waals surface area contributed by atoms with Crippen molar-refractivity contribution in [3.8, 4) is 11.3 Å².